The monoisotopic (exact) mass is 685 g/mol. The predicted octanol–water partition coefficient (Wildman–Crippen LogP) is 11.5. The summed E-state index contributed by atoms with van der Waals surface area (Å²) in [5.74, 6) is 0. The molecule has 0 spiro atoms. The molecule has 0 amide bonds. The fourth-order valence-electron chi connectivity index (χ4n) is 9.63. The van der Waals surface area contributed by atoms with Gasteiger partial charge in [0.2, 0.25) is 5.69 Å². The molecule has 0 radical (unpaired) electrons. The Morgan fingerprint density at radius 2 is 1.08 bits per heavy atom. The van der Waals surface area contributed by atoms with Crippen LogP contribution in [-0.4, -0.2) is 24.4 Å². The largest absolute Gasteiger partial charge is 0.347 e. The average molecular weight is 686 g/mol. The van der Waals surface area contributed by atoms with E-state index in [1.807, 2.05) is 0 Å². The number of nitrogens with zero attached hydrogens (tertiary/aromatic N) is 2. The summed E-state index contributed by atoms with van der Waals surface area (Å²) in [5.41, 5.74) is 11.6. The third-order valence-corrected chi connectivity index (χ3v) is 12.0. The summed E-state index contributed by atoms with van der Waals surface area (Å²) in [5, 5.41) is 5.19. The molecule has 2 aliphatic heterocycles. The Bertz CT molecular complexity index is 2520. The highest BCUT2D eigenvalue weighted by Gasteiger charge is 2.49. The molecule has 0 aromatic heterocycles. The number of hydrogen-bond acceptors (Lipinski definition) is 1. The van der Waals surface area contributed by atoms with Crippen LogP contribution in [0.15, 0.2) is 188 Å². The molecule has 2 heteroatoms. The highest BCUT2D eigenvalue weighted by Crippen LogP contribution is 2.54. The van der Waals surface area contributed by atoms with Crippen molar-refractivity contribution in [2.24, 2.45) is 0 Å². The average Bonchev–Trinajstić information content (AvgIpc) is 3.55. The number of hydrogen-bond donors (Lipinski definition) is 0. The molecule has 9 rings (SSSR count). The van der Waals surface area contributed by atoms with Crippen LogP contribution in [0.2, 0.25) is 0 Å². The van der Waals surface area contributed by atoms with Crippen molar-refractivity contribution in [2.75, 3.05) is 19.0 Å². The van der Waals surface area contributed by atoms with Crippen LogP contribution in [0, 0.1) is 0 Å². The van der Waals surface area contributed by atoms with Crippen LogP contribution in [0.5, 0.6) is 0 Å². The zero-order valence-electron chi connectivity index (χ0n) is 30.8. The van der Waals surface area contributed by atoms with Gasteiger partial charge in [-0.25, -0.2) is 0 Å². The lowest BCUT2D eigenvalue weighted by Crippen LogP contribution is -2.35. The normalized spacial score (nSPS) is 18.4. The van der Waals surface area contributed by atoms with Gasteiger partial charge in [-0.3, -0.25) is 0 Å². The molecule has 1 unspecified atom stereocenters. The molecule has 0 saturated heterocycles. The molecule has 0 fully saturated rings. The maximum atomic E-state index is 2.49. The lowest BCUT2D eigenvalue weighted by molar-refractivity contribution is -0.401. The molecular weight excluding hydrogens is 641 g/mol. The number of benzene rings is 7. The van der Waals surface area contributed by atoms with E-state index in [1.54, 1.807) is 0 Å². The van der Waals surface area contributed by atoms with E-state index < -0.39 is 0 Å². The second-order valence-corrected chi connectivity index (χ2v) is 15.2. The van der Waals surface area contributed by atoms with Crippen LogP contribution in [0.3, 0.4) is 0 Å². The summed E-state index contributed by atoms with van der Waals surface area (Å²) in [6.07, 6.45) is 9.88. The minimum absolute atomic E-state index is 0.229. The van der Waals surface area contributed by atoms with Crippen molar-refractivity contribution in [1.82, 2.24) is 0 Å². The molecule has 2 heterocycles. The number of allylic oxidation sites excluding steroid dienone is 4. The lowest BCUT2D eigenvalue weighted by Gasteiger charge is -2.33. The molecule has 2 nitrogen and oxygen atoms in total. The van der Waals surface area contributed by atoms with Crippen LogP contribution in [0.1, 0.15) is 34.7 Å². The van der Waals surface area contributed by atoms with Gasteiger partial charge in [0, 0.05) is 41.3 Å². The third kappa shape index (κ3) is 5.52. The van der Waals surface area contributed by atoms with Gasteiger partial charge in [0.25, 0.3) is 0 Å². The molecule has 0 aliphatic carbocycles. The van der Waals surface area contributed by atoms with Gasteiger partial charge in [-0.05, 0) is 76.7 Å². The minimum atomic E-state index is -0.278. The van der Waals surface area contributed by atoms with E-state index in [1.165, 1.54) is 72.1 Å². The number of rotatable bonds is 8. The van der Waals surface area contributed by atoms with Gasteiger partial charge in [-0.1, -0.05) is 158 Å². The molecule has 0 N–H and O–H groups in total. The molecule has 2 aliphatic rings. The molecule has 1 atom stereocenters. The van der Waals surface area contributed by atoms with Crippen LogP contribution in [-0.2, 0) is 30.1 Å². The first-order chi connectivity index (χ1) is 26.0. The molecule has 53 heavy (non-hydrogen) atoms. The zero-order valence-corrected chi connectivity index (χ0v) is 30.8. The standard InChI is InChI=1S/C51H45N2/c1-50(34-37-18-7-4-8-19-37)46(52(2)45-33-31-40-24-13-15-26-42(40)48(45)50)28-17-29-47-51(35-38-20-9-5-10-21-38,36-39-22-11-6-12-23-39)44-32-30-41-25-14-16-27-43(41)49(44)53(47)3/h4-33H,34-36H2,1-3H3/q+1. The fourth-order valence-corrected chi connectivity index (χ4v) is 9.63. The van der Waals surface area contributed by atoms with Gasteiger partial charge in [0.1, 0.15) is 7.05 Å². The van der Waals surface area contributed by atoms with Crippen LogP contribution < -0.4 is 4.90 Å². The number of anilines is 1. The smallest absolute Gasteiger partial charge is 0.210 e. The van der Waals surface area contributed by atoms with Crippen LogP contribution >= 0.6 is 0 Å². The van der Waals surface area contributed by atoms with Crippen molar-refractivity contribution in [1.29, 1.82) is 0 Å². The van der Waals surface area contributed by atoms with Gasteiger partial charge in [0.15, 0.2) is 5.71 Å². The van der Waals surface area contributed by atoms with E-state index in [0.717, 1.165) is 19.3 Å². The summed E-state index contributed by atoms with van der Waals surface area (Å²) >= 11 is 0. The Morgan fingerprint density at radius 3 is 1.70 bits per heavy atom. The van der Waals surface area contributed by atoms with E-state index >= 15 is 0 Å². The van der Waals surface area contributed by atoms with E-state index in [0.29, 0.717) is 0 Å². The summed E-state index contributed by atoms with van der Waals surface area (Å²) in [6.45, 7) is 2.44. The van der Waals surface area contributed by atoms with E-state index in [-0.39, 0.29) is 10.8 Å². The maximum absolute atomic E-state index is 2.49. The second-order valence-electron chi connectivity index (χ2n) is 15.2. The lowest BCUT2D eigenvalue weighted by atomic mass is 9.70. The molecule has 7 aromatic rings. The fraction of sp³-hybridized carbons (Fsp3) is 0.157. The van der Waals surface area contributed by atoms with E-state index in [9.17, 15) is 0 Å². The zero-order chi connectivity index (χ0) is 36.0. The molecule has 258 valence electrons. The summed E-state index contributed by atoms with van der Waals surface area (Å²) in [7, 11) is 4.52. The van der Waals surface area contributed by atoms with Crippen molar-refractivity contribution >= 4 is 38.6 Å². The van der Waals surface area contributed by atoms with Crippen LogP contribution in [0.25, 0.3) is 21.5 Å². The minimum Gasteiger partial charge on any atom is -0.347 e. The van der Waals surface area contributed by atoms with Crippen molar-refractivity contribution in [3.8, 4) is 0 Å². The van der Waals surface area contributed by atoms with Crippen molar-refractivity contribution in [2.45, 2.75) is 37.0 Å². The highest BCUT2D eigenvalue weighted by molar-refractivity contribution is 6.08. The molecule has 7 aromatic carbocycles. The van der Waals surface area contributed by atoms with Gasteiger partial charge in [-0.2, -0.15) is 4.58 Å². The quantitative estimate of drug-likeness (QED) is 0.144. The van der Waals surface area contributed by atoms with Gasteiger partial charge in [-0.15, -0.1) is 0 Å². The molecular formula is C51H45N2+. The third-order valence-electron chi connectivity index (χ3n) is 12.0. The molecule has 0 bridgehead atoms. The van der Waals surface area contributed by atoms with Gasteiger partial charge < -0.3 is 4.90 Å². The topological polar surface area (TPSA) is 6.25 Å². The first kappa shape index (κ1) is 32.9. The Balaban J connectivity index is 1.23. The summed E-state index contributed by atoms with van der Waals surface area (Å²) in [4.78, 5) is 2.49. The highest BCUT2D eigenvalue weighted by atomic mass is 15.2. The second kappa shape index (κ2) is 13.2. The Hall–Kier alpha value is -5.99. The summed E-state index contributed by atoms with van der Waals surface area (Å²) < 4.78 is 2.43. The summed E-state index contributed by atoms with van der Waals surface area (Å²) in [6, 6.07) is 60.2. The number of likely N-dealkylation sites (N-methyl/N-ethyl adjacent to an activating group) is 1. The van der Waals surface area contributed by atoms with Crippen LogP contribution in [0.4, 0.5) is 11.4 Å². The van der Waals surface area contributed by atoms with Crippen molar-refractivity contribution in [3.63, 3.8) is 0 Å². The predicted molar refractivity (Wildman–Crippen MR) is 224 cm³/mol. The van der Waals surface area contributed by atoms with E-state index in [4.69, 9.17) is 0 Å². The van der Waals surface area contributed by atoms with Gasteiger partial charge >= 0.3 is 0 Å². The van der Waals surface area contributed by atoms with Gasteiger partial charge in [0.05, 0.1) is 11.1 Å². The Labute approximate surface area is 313 Å². The van der Waals surface area contributed by atoms with Crippen molar-refractivity contribution in [3.05, 3.63) is 216 Å². The maximum Gasteiger partial charge on any atom is 0.210 e. The SMILES string of the molecule is CN1/C(=C/C=C/C2=[N+](C)c3ccc4ccccc4c3C2(C)Cc2ccccc2)C(Cc2ccccc2)(Cc2ccccc2)c2ccc3ccccc3c21. The first-order valence-electron chi connectivity index (χ1n) is 18.9. The molecule has 0 saturated carbocycles. The van der Waals surface area contributed by atoms with Crippen molar-refractivity contribution < 1.29 is 4.58 Å². The number of fused-ring (bicyclic) bond motifs is 6. The first-order valence-corrected chi connectivity index (χ1v) is 18.9. The Morgan fingerprint density at radius 1 is 0.566 bits per heavy atom. The Kier molecular flexibility index (Phi) is 8.19. The van der Waals surface area contributed by atoms with E-state index in [2.05, 4.69) is 213 Å².